The predicted molar refractivity (Wildman–Crippen MR) is 178 cm³/mol. The molecule has 0 aliphatic carbocycles. The molecule has 204 valence electrons. The van der Waals surface area contributed by atoms with Gasteiger partial charge in [-0.05, 0) is 58.7 Å². The summed E-state index contributed by atoms with van der Waals surface area (Å²) in [6, 6.07) is 49.1. The first-order valence-electron chi connectivity index (χ1n) is 14.9. The summed E-state index contributed by atoms with van der Waals surface area (Å²) in [6.07, 6.45) is 0. The zero-order chi connectivity index (χ0) is 28.6. The monoisotopic (exact) mass is 542 g/mol. The molecule has 0 fully saturated rings. The van der Waals surface area contributed by atoms with Crippen molar-refractivity contribution in [2.45, 2.75) is 38.5 Å². The molecule has 6 aromatic carbocycles. The maximum absolute atomic E-state index is 2.48. The van der Waals surface area contributed by atoms with Crippen LogP contribution in [0.5, 0.6) is 0 Å². The van der Waals surface area contributed by atoms with Crippen molar-refractivity contribution in [3.05, 3.63) is 156 Å². The number of benzene rings is 6. The number of anilines is 6. The van der Waals surface area contributed by atoms with E-state index in [0.717, 1.165) is 0 Å². The van der Waals surface area contributed by atoms with Crippen LogP contribution in [0.25, 0.3) is 10.8 Å². The van der Waals surface area contributed by atoms with Crippen molar-refractivity contribution in [2.24, 2.45) is 0 Å². The summed E-state index contributed by atoms with van der Waals surface area (Å²) in [7, 11) is 0. The van der Waals surface area contributed by atoms with Gasteiger partial charge in [-0.15, -0.1) is 0 Å². The van der Waals surface area contributed by atoms with Crippen molar-refractivity contribution in [1.82, 2.24) is 0 Å². The first kappa shape index (κ1) is 24.9. The van der Waals surface area contributed by atoms with E-state index in [1.165, 1.54) is 67.2 Å². The highest BCUT2D eigenvalue weighted by Gasteiger charge is 2.38. The van der Waals surface area contributed by atoms with Gasteiger partial charge in [0.15, 0.2) is 0 Å². The Balaban J connectivity index is 1.40. The van der Waals surface area contributed by atoms with Gasteiger partial charge in [0, 0.05) is 21.6 Å². The van der Waals surface area contributed by atoms with Crippen LogP contribution in [0.1, 0.15) is 49.9 Å². The molecule has 2 aliphatic rings. The lowest BCUT2D eigenvalue weighted by Crippen LogP contribution is -2.31. The molecule has 0 bridgehead atoms. The van der Waals surface area contributed by atoms with Gasteiger partial charge in [-0.2, -0.15) is 0 Å². The molecular weight excluding hydrogens is 508 g/mol. The summed E-state index contributed by atoms with van der Waals surface area (Å²) in [5.41, 5.74) is 12.6. The molecule has 2 heterocycles. The van der Waals surface area contributed by atoms with E-state index >= 15 is 0 Å². The van der Waals surface area contributed by atoms with Crippen LogP contribution in [-0.2, 0) is 10.8 Å². The Labute approximate surface area is 248 Å². The van der Waals surface area contributed by atoms with Crippen LogP contribution in [0, 0.1) is 0 Å². The van der Waals surface area contributed by atoms with E-state index in [9.17, 15) is 0 Å². The van der Waals surface area contributed by atoms with Gasteiger partial charge in [0.25, 0.3) is 0 Å². The number of hydrogen-bond donors (Lipinski definition) is 0. The van der Waals surface area contributed by atoms with Crippen LogP contribution >= 0.6 is 0 Å². The lowest BCUT2D eigenvalue weighted by Gasteiger charge is -2.43. The average molecular weight is 543 g/mol. The van der Waals surface area contributed by atoms with Crippen LogP contribution in [0.3, 0.4) is 0 Å². The van der Waals surface area contributed by atoms with Crippen molar-refractivity contribution in [1.29, 1.82) is 0 Å². The molecule has 0 radical (unpaired) electrons. The molecule has 6 aromatic rings. The quantitative estimate of drug-likeness (QED) is 0.215. The SMILES string of the molecule is CC1(C)c2ccccc2N(c2cccc3c(N4c5ccccc5C(C)(C)c5ccccc54)cccc23)c2ccccc21. The van der Waals surface area contributed by atoms with Crippen LogP contribution in [-0.4, -0.2) is 0 Å². The van der Waals surface area contributed by atoms with E-state index in [-0.39, 0.29) is 10.8 Å². The highest BCUT2D eigenvalue weighted by molar-refractivity contribution is 6.08. The van der Waals surface area contributed by atoms with E-state index in [4.69, 9.17) is 0 Å². The Bertz CT molecular complexity index is 1770. The molecular formula is C40H34N2. The first-order chi connectivity index (χ1) is 20.4. The van der Waals surface area contributed by atoms with Crippen LogP contribution in [0.15, 0.2) is 133 Å². The van der Waals surface area contributed by atoms with Crippen molar-refractivity contribution in [3.63, 3.8) is 0 Å². The normalized spacial score (nSPS) is 15.9. The fourth-order valence-corrected chi connectivity index (χ4v) is 7.52. The van der Waals surface area contributed by atoms with Crippen molar-refractivity contribution >= 4 is 44.9 Å². The van der Waals surface area contributed by atoms with Gasteiger partial charge in [-0.25, -0.2) is 0 Å². The lowest BCUT2D eigenvalue weighted by molar-refractivity contribution is 0.632. The van der Waals surface area contributed by atoms with E-state index in [0.29, 0.717) is 0 Å². The second-order valence-corrected chi connectivity index (χ2v) is 12.6. The van der Waals surface area contributed by atoms with Gasteiger partial charge in [-0.3, -0.25) is 0 Å². The number of fused-ring (bicyclic) bond motifs is 5. The number of para-hydroxylation sites is 4. The van der Waals surface area contributed by atoms with E-state index in [1.54, 1.807) is 0 Å². The van der Waals surface area contributed by atoms with Crippen LogP contribution in [0.4, 0.5) is 34.1 Å². The summed E-state index contributed by atoms with van der Waals surface area (Å²) >= 11 is 0. The third kappa shape index (κ3) is 3.32. The van der Waals surface area contributed by atoms with Crippen molar-refractivity contribution < 1.29 is 0 Å². The topological polar surface area (TPSA) is 6.48 Å². The van der Waals surface area contributed by atoms with Gasteiger partial charge in [0.1, 0.15) is 0 Å². The van der Waals surface area contributed by atoms with Gasteiger partial charge >= 0.3 is 0 Å². The zero-order valence-corrected chi connectivity index (χ0v) is 24.6. The number of hydrogen-bond acceptors (Lipinski definition) is 2. The summed E-state index contributed by atoms with van der Waals surface area (Å²) in [5, 5.41) is 2.47. The fourth-order valence-electron chi connectivity index (χ4n) is 7.52. The summed E-state index contributed by atoms with van der Waals surface area (Å²) in [4.78, 5) is 4.95. The van der Waals surface area contributed by atoms with Crippen LogP contribution in [0.2, 0.25) is 0 Å². The molecule has 0 aromatic heterocycles. The Morgan fingerprint density at radius 2 is 0.571 bits per heavy atom. The third-order valence-corrected chi connectivity index (χ3v) is 9.63. The van der Waals surface area contributed by atoms with Crippen molar-refractivity contribution in [2.75, 3.05) is 9.80 Å². The Morgan fingerprint density at radius 3 is 0.881 bits per heavy atom. The highest BCUT2D eigenvalue weighted by atomic mass is 15.2. The maximum atomic E-state index is 2.48. The Morgan fingerprint density at radius 1 is 0.310 bits per heavy atom. The smallest absolute Gasteiger partial charge is 0.0541 e. The zero-order valence-electron chi connectivity index (χ0n) is 24.6. The van der Waals surface area contributed by atoms with Gasteiger partial charge in [0.2, 0.25) is 0 Å². The summed E-state index contributed by atoms with van der Waals surface area (Å²) in [6.45, 7) is 9.37. The molecule has 0 atom stereocenters. The number of rotatable bonds is 2. The minimum Gasteiger partial charge on any atom is -0.309 e. The molecule has 0 N–H and O–H groups in total. The van der Waals surface area contributed by atoms with Crippen molar-refractivity contribution in [3.8, 4) is 0 Å². The largest absolute Gasteiger partial charge is 0.309 e. The minimum atomic E-state index is -0.0898. The minimum absolute atomic E-state index is 0.0898. The lowest BCUT2D eigenvalue weighted by atomic mass is 9.73. The molecule has 2 nitrogen and oxygen atoms in total. The molecule has 0 unspecified atom stereocenters. The fraction of sp³-hybridized carbons (Fsp3) is 0.150. The van der Waals surface area contributed by atoms with E-state index in [1.807, 2.05) is 0 Å². The molecule has 42 heavy (non-hydrogen) atoms. The Hall–Kier alpha value is -4.82. The van der Waals surface area contributed by atoms with Gasteiger partial charge < -0.3 is 9.80 Å². The highest BCUT2D eigenvalue weighted by Crippen LogP contribution is 2.55. The molecule has 2 heteroatoms. The third-order valence-electron chi connectivity index (χ3n) is 9.63. The molecule has 0 spiro atoms. The standard InChI is InChI=1S/C40H34N2/c1-39(2)29-17-5-9-21-35(29)41(36-22-10-6-18-30(36)39)33-25-13-16-28-27(33)15-14-26-34(28)42-37-23-11-7-19-31(37)40(3,4)32-20-8-12-24-38(32)42/h5-26H,1-4H3. The van der Waals surface area contributed by atoms with E-state index in [2.05, 4.69) is 171 Å². The number of nitrogens with zero attached hydrogens (tertiary/aromatic N) is 2. The molecule has 0 saturated carbocycles. The second-order valence-electron chi connectivity index (χ2n) is 12.6. The Kier molecular flexibility index (Phi) is 5.25. The van der Waals surface area contributed by atoms with Crippen LogP contribution < -0.4 is 9.80 Å². The maximum Gasteiger partial charge on any atom is 0.0541 e. The predicted octanol–water partition coefficient (Wildman–Crippen LogP) is 11.1. The first-order valence-corrected chi connectivity index (χ1v) is 14.9. The molecule has 8 rings (SSSR count). The molecule has 0 saturated heterocycles. The second kappa shape index (κ2) is 8.84. The summed E-state index contributed by atoms with van der Waals surface area (Å²) < 4.78 is 0. The summed E-state index contributed by atoms with van der Waals surface area (Å²) in [5.74, 6) is 0. The van der Waals surface area contributed by atoms with Gasteiger partial charge in [-0.1, -0.05) is 125 Å². The molecule has 2 aliphatic heterocycles. The average Bonchev–Trinajstić information content (AvgIpc) is 3.02. The molecule has 0 amide bonds. The van der Waals surface area contributed by atoms with Gasteiger partial charge in [0.05, 0.1) is 34.1 Å². The van der Waals surface area contributed by atoms with E-state index < -0.39 is 0 Å².